The summed E-state index contributed by atoms with van der Waals surface area (Å²) in [5.41, 5.74) is 7.58. The van der Waals surface area contributed by atoms with E-state index in [-0.39, 0.29) is 0 Å². The lowest BCUT2D eigenvalue weighted by atomic mass is 10.1. The molecule has 0 bridgehead atoms. The Bertz CT molecular complexity index is 427. The SMILES string of the molecule is CC#CCNc1ccc(C(N)=O)c(C)c1. The molecule has 0 unspecified atom stereocenters. The van der Waals surface area contributed by atoms with Crippen molar-refractivity contribution in [1.29, 1.82) is 0 Å². The fourth-order valence-corrected chi connectivity index (χ4v) is 1.28. The van der Waals surface area contributed by atoms with Gasteiger partial charge in [-0.25, -0.2) is 0 Å². The average molecular weight is 202 g/mol. The van der Waals surface area contributed by atoms with E-state index >= 15 is 0 Å². The molecule has 1 aromatic carbocycles. The van der Waals surface area contributed by atoms with Crippen LogP contribution in [0.5, 0.6) is 0 Å². The molecule has 0 fully saturated rings. The van der Waals surface area contributed by atoms with Crippen molar-refractivity contribution in [3.05, 3.63) is 29.3 Å². The fraction of sp³-hybridized carbons (Fsp3) is 0.250. The Morgan fingerprint density at radius 3 is 2.80 bits per heavy atom. The first kappa shape index (κ1) is 11.1. The molecule has 15 heavy (non-hydrogen) atoms. The first-order valence-electron chi connectivity index (χ1n) is 4.69. The standard InChI is InChI=1S/C12H14N2O/c1-3-4-7-14-10-5-6-11(12(13)15)9(2)8-10/h5-6,8,14H,7H2,1-2H3,(H2,13,15). The van der Waals surface area contributed by atoms with Gasteiger partial charge in [-0.1, -0.05) is 5.92 Å². The van der Waals surface area contributed by atoms with E-state index in [0.29, 0.717) is 12.1 Å². The van der Waals surface area contributed by atoms with Crippen LogP contribution in [0.4, 0.5) is 5.69 Å². The number of hydrogen-bond donors (Lipinski definition) is 2. The Kier molecular flexibility index (Phi) is 3.75. The summed E-state index contributed by atoms with van der Waals surface area (Å²) < 4.78 is 0. The lowest BCUT2D eigenvalue weighted by molar-refractivity contribution is 0.1000. The van der Waals surface area contributed by atoms with Crippen LogP contribution in [0.3, 0.4) is 0 Å². The van der Waals surface area contributed by atoms with Crippen LogP contribution in [0.2, 0.25) is 0 Å². The summed E-state index contributed by atoms with van der Waals surface area (Å²) in [6, 6.07) is 5.43. The highest BCUT2D eigenvalue weighted by atomic mass is 16.1. The molecule has 0 aromatic heterocycles. The zero-order valence-corrected chi connectivity index (χ0v) is 8.92. The van der Waals surface area contributed by atoms with Gasteiger partial charge in [-0.15, -0.1) is 5.92 Å². The maximum absolute atomic E-state index is 11.0. The number of carbonyl (C=O) groups is 1. The summed E-state index contributed by atoms with van der Waals surface area (Å²) in [7, 11) is 0. The number of anilines is 1. The first-order chi connectivity index (χ1) is 7.15. The third-order valence-corrected chi connectivity index (χ3v) is 2.05. The monoisotopic (exact) mass is 202 g/mol. The molecule has 0 heterocycles. The topological polar surface area (TPSA) is 55.1 Å². The van der Waals surface area contributed by atoms with Gasteiger partial charge in [-0.3, -0.25) is 4.79 Å². The maximum atomic E-state index is 11.0. The van der Waals surface area contributed by atoms with Crippen LogP contribution in [-0.2, 0) is 0 Å². The van der Waals surface area contributed by atoms with Crippen LogP contribution in [0.15, 0.2) is 18.2 Å². The third-order valence-electron chi connectivity index (χ3n) is 2.05. The maximum Gasteiger partial charge on any atom is 0.248 e. The lowest BCUT2D eigenvalue weighted by Crippen LogP contribution is -2.12. The zero-order chi connectivity index (χ0) is 11.3. The summed E-state index contributed by atoms with van der Waals surface area (Å²) in [4.78, 5) is 11.0. The second-order valence-corrected chi connectivity index (χ2v) is 3.17. The van der Waals surface area contributed by atoms with Crippen molar-refractivity contribution in [2.75, 3.05) is 11.9 Å². The van der Waals surface area contributed by atoms with Gasteiger partial charge in [-0.05, 0) is 37.6 Å². The molecule has 0 atom stereocenters. The Balaban J connectivity index is 2.80. The molecule has 0 aliphatic heterocycles. The van der Waals surface area contributed by atoms with Crippen LogP contribution < -0.4 is 11.1 Å². The number of benzene rings is 1. The molecule has 1 amide bonds. The van der Waals surface area contributed by atoms with Crippen molar-refractivity contribution in [2.24, 2.45) is 5.73 Å². The van der Waals surface area contributed by atoms with Gasteiger partial charge in [0.15, 0.2) is 0 Å². The van der Waals surface area contributed by atoms with E-state index in [1.807, 2.05) is 19.1 Å². The highest BCUT2D eigenvalue weighted by molar-refractivity contribution is 5.94. The summed E-state index contributed by atoms with van der Waals surface area (Å²) in [6.45, 7) is 4.26. The largest absolute Gasteiger partial charge is 0.374 e. The van der Waals surface area contributed by atoms with Gasteiger partial charge in [0.2, 0.25) is 5.91 Å². The van der Waals surface area contributed by atoms with E-state index < -0.39 is 5.91 Å². The third kappa shape index (κ3) is 3.03. The van der Waals surface area contributed by atoms with Crippen molar-refractivity contribution in [1.82, 2.24) is 0 Å². The summed E-state index contributed by atoms with van der Waals surface area (Å²) >= 11 is 0. The van der Waals surface area contributed by atoms with E-state index in [1.54, 1.807) is 13.0 Å². The van der Waals surface area contributed by atoms with Crippen molar-refractivity contribution in [2.45, 2.75) is 13.8 Å². The van der Waals surface area contributed by atoms with Gasteiger partial charge in [-0.2, -0.15) is 0 Å². The summed E-state index contributed by atoms with van der Waals surface area (Å²) in [6.07, 6.45) is 0. The van der Waals surface area contributed by atoms with Crippen molar-refractivity contribution < 1.29 is 4.79 Å². The average Bonchev–Trinajstić information content (AvgIpc) is 2.17. The van der Waals surface area contributed by atoms with Crippen molar-refractivity contribution >= 4 is 11.6 Å². The lowest BCUT2D eigenvalue weighted by Gasteiger charge is -2.06. The van der Waals surface area contributed by atoms with Crippen LogP contribution >= 0.6 is 0 Å². The number of rotatable bonds is 3. The minimum atomic E-state index is -0.396. The van der Waals surface area contributed by atoms with Crippen LogP contribution in [-0.4, -0.2) is 12.5 Å². The molecule has 0 aliphatic carbocycles. The van der Waals surface area contributed by atoms with Crippen LogP contribution in [0.25, 0.3) is 0 Å². The molecule has 1 aromatic rings. The van der Waals surface area contributed by atoms with Gasteiger partial charge >= 0.3 is 0 Å². The molecule has 0 spiro atoms. The number of amides is 1. The molecular weight excluding hydrogens is 188 g/mol. The Hall–Kier alpha value is -1.95. The van der Waals surface area contributed by atoms with Crippen LogP contribution in [0, 0.1) is 18.8 Å². The first-order valence-corrected chi connectivity index (χ1v) is 4.69. The van der Waals surface area contributed by atoms with E-state index in [4.69, 9.17) is 5.73 Å². The van der Waals surface area contributed by atoms with Gasteiger partial charge in [0.1, 0.15) is 0 Å². The zero-order valence-electron chi connectivity index (χ0n) is 8.92. The fourth-order valence-electron chi connectivity index (χ4n) is 1.28. The van der Waals surface area contributed by atoms with E-state index in [1.165, 1.54) is 0 Å². The second-order valence-electron chi connectivity index (χ2n) is 3.17. The number of nitrogens with one attached hydrogen (secondary N) is 1. The summed E-state index contributed by atoms with van der Waals surface area (Å²) in [5, 5.41) is 3.13. The highest BCUT2D eigenvalue weighted by Gasteiger charge is 2.04. The Labute approximate surface area is 89.7 Å². The molecule has 3 heteroatoms. The number of aryl methyl sites for hydroxylation is 1. The molecule has 0 radical (unpaired) electrons. The molecule has 0 saturated carbocycles. The summed E-state index contributed by atoms with van der Waals surface area (Å²) in [5.74, 6) is 5.30. The minimum Gasteiger partial charge on any atom is -0.374 e. The van der Waals surface area contributed by atoms with Gasteiger partial charge in [0, 0.05) is 11.3 Å². The van der Waals surface area contributed by atoms with Gasteiger partial charge < -0.3 is 11.1 Å². The number of hydrogen-bond acceptors (Lipinski definition) is 2. The predicted molar refractivity (Wildman–Crippen MR) is 61.6 cm³/mol. The molecular formula is C12H14N2O. The van der Waals surface area contributed by atoms with Crippen molar-refractivity contribution in [3.63, 3.8) is 0 Å². The number of carbonyl (C=O) groups excluding carboxylic acids is 1. The van der Waals surface area contributed by atoms with E-state index in [0.717, 1.165) is 11.3 Å². The predicted octanol–water partition coefficient (Wildman–Crippen LogP) is 1.53. The van der Waals surface area contributed by atoms with Gasteiger partial charge in [0.25, 0.3) is 0 Å². The Morgan fingerprint density at radius 1 is 1.53 bits per heavy atom. The highest BCUT2D eigenvalue weighted by Crippen LogP contribution is 2.14. The molecule has 78 valence electrons. The smallest absolute Gasteiger partial charge is 0.248 e. The molecule has 0 aliphatic rings. The van der Waals surface area contributed by atoms with E-state index in [2.05, 4.69) is 17.2 Å². The molecule has 1 rings (SSSR count). The second kappa shape index (κ2) is 5.06. The van der Waals surface area contributed by atoms with Gasteiger partial charge in [0.05, 0.1) is 6.54 Å². The molecule has 0 saturated heterocycles. The molecule has 3 N–H and O–H groups in total. The van der Waals surface area contributed by atoms with Crippen molar-refractivity contribution in [3.8, 4) is 11.8 Å². The number of primary amides is 1. The normalized spacial score (nSPS) is 8.93. The number of nitrogens with two attached hydrogens (primary N) is 1. The van der Waals surface area contributed by atoms with E-state index in [9.17, 15) is 4.79 Å². The molecule has 3 nitrogen and oxygen atoms in total. The quantitative estimate of drug-likeness (QED) is 0.730. The minimum absolute atomic E-state index is 0.396. The Morgan fingerprint density at radius 2 is 2.27 bits per heavy atom. The van der Waals surface area contributed by atoms with Crippen LogP contribution in [0.1, 0.15) is 22.8 Å².